The van der Waals surface area contributed by atoms with E-state index < -0.39 is 0 Å². The predicted molar refractivity (Wildman–Crippen MR) is 88.0 cm³/mol. The Morgan fingerprint density at radius 3 is 1.00 bits per heavy atom. The summed E-state index contributed by atoms with van der Waals surface area (Å²) in [5, 5.41) is 24.2. The van der Waals surface area contributed by atoms with Crippen LogP contribution in [0.1, 0.15) is 59.3 Å². The van der Waals surface area contributed by atoms with E-state index in [0.717, 1.165) is 38.5 Å². The van der Waals surface area contributed by atoms with Crippen molar-refractivity contribution in [3.63, 3.8) is 0 Å². The molecule has 0 radical (unpaired) electrons. The third-order valence-corrected chi connectivity index (χ3v) is 2.09. The Morgan fingerprint density at radius 1 is 0.667 bits per heavy atom. The summed E-state index contributed by atoms with van der Waals surface area (Å²) in [6.45, 7) is 7.19. The van der Waals surface area contributed by atoms with Crippen LogP contribution in [0.2, 0.25) is 0 Å². The van der Waals surface area contributed by atoms with E-state index in [-0.39, 0.29) is 26.2 Å². The molecule has 0 saturated heterocycles. The van der Waals surface area contributed by atoms with Crippen LogP contribution in [0, 0.1) is 0 Å². The molecule has 0 heterocycles. The van der Waals surface area contributed by atoms with Crippen LogP contribution in [0.15, 0.2) is 30.3 Å². The van der Waals surface area contributed by atoms with Gasteiger partial charge >= 0.3 is 0 Å². The van der Waals surface area contributed by atoms with Gasteiger partial charge in [0.1, 0.15) is 0 Å². The molecule has 0 saturated carbocycles. The van der Waals surface area contributed by atoms with Gasteiger partial charge in [0.2, 0.25) is 0 Å². The standard InChI is InChI=1S/C5H5.3C4H10O.Zr/c1-2-4-5-3-1;3*1-2-3-4-5;/h1-5H;3*5H,2-4H2,1H3;/q-1;;;;. The van der Waals surface area contributed by atoms with Gasteiger partial charge in [0, 0.05) is 46.0 Å². The zero-order valence-corrected chi connectivity index (χ0v) is 16.6. The molecule has 0 unspecified atom stereocenters. The second-order valence-corrected chi connectivity index (χ2v) is 4.19. The SMILES string of the molecule is CCCCO.CCCCO.CCCCO.[Zr].c1cc[cH-]c1. The molecule has 0 spiro atoms. The van der Waals surface area contributed by atoms with Gasteiger partial charge in [-0.15, -0.1) is 0 Å². The average Bonchev–Trinajstić information content (AvgIpc) is 3.02. The van der Waals surface area contributed by atoms with Crippen LogP contribution in [0.3, 0.4) is 0 Å². The summed E-state index contributed by atoms with van der Waals surface area (Å²) in [7, 11) is 0. The van der Waals surface area contributed by atoms with E-state index in [2.05, 4.69) is 20.8 Å². The van der Waals surface area contributed by atoms with E-state index in [1.165, 1.54) is 0 Å². The fraction of sp³-hybridized carbons (Fsp3) is 0.706. The maximum atomic E-state index is 8.07. The second-order valence-electron chi connectivity index (χ2n) is 4.19. The molecule has 0 aliphatic heterocycles. The van der Waals surface area contributed by atoms with Crippen LogP contribution in [0.4, 0.5) is 0 Å². The second kappa shape index (κ2) is 36.9. The first-order chi connectivity index (χ1) is 9.74. The zero-order chi connectivity index (χ0) is 15.9. The van der Waals surface area contributed by atoms with Gasteiger partial charge in [0.05, 0.1) is 0 Å². The van der Waals surface area contributed by atoms with Gasteiger partial charge in [-0.05, 0) is 19.3 Å². The first-order valence-electron chi connectivity index (χ1n) is 7.74. The van der Waals surface area contributed by atoms with Crippen molar-refractivity contribution >= 4 is 0 Å². The summed E-state index contributed by atoms with van der Waals surface area (Å²) in [6, 6.07) is 10.0. The number of aliphatic hydroxyl groups excluding tert-OH is 3. The molecule has 21 heavy (non-hydrogen) atoms. The van der Waals surface area contributed by atoms with Gasteiger partial charge in [0.15, 0.2) is 0 Å². The predicted octanol–water partition coefficient (Wildman–Crippen LogP) is 3.74. The van der Waals surface area contributed by atoms with Crippen molar-refractivity contribution in [3.8, 4) is 0 Å². The van der Waals surface area contributed by atoms with Gasteiger partial charge in [-0.3, -0.25) is 0 Å². The topological polar surface area (TPSA) is 60.7 Å². The first-order valence-corrected chi connectivity index (χ1v) is 7.74. The quantitative estimate of drug-likeness (QED) is 0.661. The number of rotatable bonds is 6. The molecular weight excluding hydrogens is 343 g/mol. The van der Waals surface area contributed by atoms with Crippen LogP contribution >= 0.6 is 0 Å². The number of hydrogen-bond donors (Lipinski definition) is 3. The van der Waals surface area contributed by atoms with Crippen LogP contribution < -0.4 is 0 Å². The Labute approximate surface area is 150 Å². The summed E-state index contributed by atoms with van der Waals surface area (Å²) in [5.74, 6) is 0. The Kier molecular flexibility index (Phi) is 51.2. The summed E-state index contributed by atoms with van der Waals surface area (Å²) in [4.78, 5) is 0. The Bertz CT molecular complexity index is 154. The van der Waals surface area contributed by atoms with Crippen molar-refractivity contribution in [2.75, 3.05) is 19.8 Å². The Morgan fingerprint density at radius 2 is 0.952 bits per heavy atom. The van der Waals surface area contributed by atoms with Crippen molar-refractivity contribution in [1.82, 2.24) is 0 Å². The maximum Gasteiger partial charge on any atom is 0.0430 e. The van der Waals surface area contributed by atoms with Gasteiger partial charge in [-0.2, -0.15) is 18.2 Å². The van der Waals surface area contributed by atoms with E-state index in [9.17, 15) is 0 Å². The molecule has 0 bridgehead atoms. The molecule has 0 fully saturated rings. The first kappa shape index (κ1) is 29.2. The molecule has 0 atom stereocenters. The summed E-state index contributed by atoms with van der Waals surface area (Å²) < 4.78 is 0. The molecule has 0 aliphatic rings. The normalized spacial score (nSPS) is 7.90. The van der Waals surface area contributed by atoms with E-state index >= 15 is 0 Å². The Balaban J connectivity index is -0.0000000903. The molecule has 0 amide bonds. The molecule has 3 nitrogen and oxygen atoms in total. The minimum Gasteiger partial charge on any atom is -0.396 e. The zero-order valence-electron chi connectivity index (χ0n) is 14.1. The molecule has 1 aromatic carbocycles. The van der Waals surface area contributed by atoms with E-state index in [1.54, 1.807) is 0 Å². The van der Waals surface area contributed by atoms with Crippen molar-refractivity contribution in [3.05, 3.63) is 30.3 Å². The summed E-state index contributed by atoms with van der Waals surface area (Å²) >= 11 is 0. The summed E-state index contributed by atoms with van der Waals surface area (Å²) in [6.07, 6.45) is 6.11. The van der Waals surface area contributed by atoms with Crippen molar-refractivity contribution in [1.29, 1.82) is 0 Å². The third-order valence-electron chi connectivity index (χ3n) is 2.09. The molecule has 0 aliphatic carbocycles. The fourth-order valence-corrected chi connectivity index (χ4v) is 0.795. The molecule has 126 valence electrons. The summed E-state index contributed by atoms with van der Waals surface area (Å²) in [5.41, 5.74) is 0. The van der Waals surface area contributed by atoms with Crippen molar-refractivity contribution in [2.45, 2.75) is 59.3 Å². The molecule has 1 rings (SSSR count). The minimum absolute atomic E-state index is 0. The van der Waals surface area contributed by atoms with E-state index in [0.29, 0.717) is 19.8 Å². The van der Waals surface area contributed by atoms with Gasteiger partial charge in [0.25, 0.3) is 0 Å². The van der Waals surface area contributed by atoms with E-state index in [4.69, 9.17) is 15.3 Å². The van der Waals surface area contributed by atoms with Crippen LogP contribution in [0.5, 0.6) is 0 Å². The van der Waals surface area contributed by atoms with Crippen LogP contribution in [-0.4, -0.2) is 35.1 Å². The van der Waals surface area contributed by atoms with E-state index in [1.807, 2.05) is 30.3 Å². The van der Waals surface area contributed by atoms with Crippen molar-refractivity contribution in [2.24, 2.45) is 0 Å². The number of aliphatic hydroxyl groups is 3. The van der Waals surface area contributed by atoms with Gasteiger partial charge in [-0.1, -0.05) is 40.0 Å². The Hall–Kier alpha value is 0.113. The van der Waals surface area contributed by atoms with Crippen LogP contribution in [-0.2, 0) is 26.2 Å². The third kappa shape index (κ3) is 53.4. The molecule has 4 heteroatoms. The van der Waals surface area contributed by atoms with Gasteiger partial charge < -0.3 is 15.3 Å². The average molecular weight is 379 g/mol. The molecule has 3 N–H and O–H groups in total. The fourth-order valence-electron chi connectivity index (χ4n) is 0.795. The minimum atomic E-state index is 0. The monoisotopic (exact) mass is 377 g/mol. The molecule has 0 aromatic heterocycles. The molecular formula is C17H35O3Zr-. The van der Waals surface area contributed by atoms with Crippen LogP contribution in [0.25, 0.3) is 0 Å². The molecule has 1 aromatic rings. The largest absolute Gasteiger partial charge is 0.396 e. The number of hydrogen-bond acceptors (Lipinski definition) is 3. The van der Waals surface area contributed by atoms with Crippen molar-refractivity contribution < 1.29 is 41.5 Å². The maximum absolute atomic E-state index is 8.07. The smallest absolute Gasteiger partial charge is 0.0430 e. The van der Waals surface area contributed by atoms with Gasteiger partial charge in [-0.25, -0.2) is 12.1 Å². The number of unbranched alkanes of at least 4 members (excludes halogenated alkanes) is 3.